The minimum absolute atomic E-state index is 0.128. The number of rotatable bonds is 4. The lowest BCUT2D eigenvalue weighted by Crippen LogP contribution is -2.13. The number of esters is 1. The second-order valence-corrected chi connectivity index (χ2v) is 6.83. The minimum atomic E-state index is -0.589. The third kappa shape index (κ3) is 4.04. The van der Waals surface area contributed by atoms with Crippen molar-refractivity contribution in [1.29, 1.82) is 0 Å². The second kappa shape index (κ2) is 7.64. The monoisotopic (exact) mass is 385 g/mol. The van der Waals surface area contributed by atoms with Gasteiger partial charge in [0.2, 0.25) is 5.76 Å². The number of nitrogens with one attached hydrogen (secondary N) is 1. The molecule has 0 aliphatic heterocycles. The van der Waals surface area contributed by atoms with Crippen molar-refractivity contribution in [2.45, 2.75) is 13.8 Å². The third-order valence-corrected chi connectivity index (χ3v) is 4.60. The van der Waals surface area contributed by atoms with Crippen LogP contribution in [0, 0.1) is 13.8 Å². The first-order chi connectivity index (χ1) is 14.0. The van der Waals surface area contributed by atoms with Crippen LogP contribution in [0.4, 0.5) is 5.69 Å². The van der Waals surface area contributed by atoms with Crippen molar-refractivity contribution in [1.82, 2.24) is 0 Å². The Morgan fingerprint density at radius 3 is 2.41 bits per heavy atom. The zero-order chi connectivity index (χ0) is 20.4. The fourth-order valence-electron chi connectivity index (χ4n) is 2.98. The molecule has 29 heavy (non-hydrogen) atoms. The van der Waals surface area contributed by atoms with Crippen LogP contribution in [0.2, 0.25) is 0 Å². The molecule has 0 saturated carbocycles. The molecular weight excluding hydrogens is 366 g/mol. The highest BCUT2D eigenvalue weighted by atomic mass is 16.5. The van der Waals surface area contributed by atoms with Crippen LogP contribution in [0.5, 0.6) is 5.75 Å². The van der Waals surface area contributed by atoms with Crippen molar-refractivity contribution in [2.75, 3.05) is 5.32 Å². The summed E-state index contributed by atoms with van der Waals surface area (Å²) in [5.41, 5.74) is 3.92. The molecule has 0 radical (unpaired) electrons. The van der Waals surface area contributed by atoms with Crippen LogP contribution in [0.3, 0.4) is 0 Å². The lowest BCUT2D eigenvalue weighted by atomic mass is 10.1. The number of carbonyl (C=O) groups is 2. The molecule has 144 valence electrons. The van der Waals surface area contributed by atoms with Gasteiger partial charge in [-0.2, -0.15) is 0 Å². The van der Waals surface area contributed by atoms with Crippen LogP contribution in [0.25, 0.3) is 11.0 Å². The number of aryl methyl sites for hydroxylation is 2. The van der Waals surface area contributed by atoms with Gasteiger partial charge < -0.3 is 14.5 Å². The van der Waals surface area contributed by atoms with E-state index >= 15 is 0 Å². The molecule has 0 atom stereocenters. The predicted octanol–water partition coefficient (Wildman–Crippen LogP) is 5.52. The number of benzene rings is 3. The minimum Gasteiger partial charge on any atom is -0.449 e. The number of amides is 1. The van der Waals surface area contributed by atoms with E-state index in [-0.39, 0.29) is 11.7 Å². The van der Waals surface area contributed by atoms with Crippen molar-refractivity contribution < 1.29 is 18.7 Å². The van der Waals surface area contributed by atoms with E-state index in [9.17, 15) is 9.59 Å². The zero-order valence-corrected chi connectivity index (χ0v) is 16.1. The van der Waals surface area contributed by atoms with Gasteiger partial charge in [0.15, 0.2) is 0 Å². The largest absolute Gasteiger partial charge is 0.449 e. The van der Waals surface area contributed by atoms with E-state index < -0.39 is 5.97 Å². The topological polar surface area (TPSA) is 68.5 Å². The summed E-state index contributed by atoms with van der Waals surface area (Å²) in [6, 6.07) is 21.3. The molecule has 1 aromatic heterocycles. The molecular formula is C24H19NO4. The summed E-state index contributed by atoms with van der Waals surface area (Å²) < 4.78 is 10.9. The Morgan fingerprint density at radius 2 is 1.66 bits per heavy atom. The molecule has 3 aromatic carbocycles. The Labute approximate surface area is 167 Å². The normalized spacial score (nSPS) is 10.7. The average molecular weight is 385 g/mol. The van der Waals surface area contributed by atoms with E-state index in [0.717, 1.165) is 22.2 Å². The number of hydrogen-bond acceptors (Lipinski definition) is 4. The first kappa shape index (κ1) is 18.5. The number of carbonyl (C=O) groups excluding carboxylic acids is 2. The highest BCUT2D eigenvalue weighted by molar-refractivity contribution is 6.04. The summed E-state index contributed by atoms with van der Waals surface area (Å²) in [6.45, 7) is 3.91. The van der Waals surface area contributed by atoms with Crippen molar-refractivity contribution in [3.63, 3.8) is 0 Å². The third-order valence-electron chi connectivity index (χ3n) is 4.60. The number of furan rings is 1. The summed E-state index contributed by atoms with van der Waals surface area (Å²) in [4.78, 5) is 24.8. The van der Waals surface area contributed by atoms with Crippen LogP contribution in [0.1, 0.15) is 32.0 Å². The molecule has 0 bridgehead atoms. The van der Waals surface area contributed by atoms with Gasteiger partial charge in [-0.3, -0.25) is 4.79 Å². The molecule has 5 nitrogen and oxygen atoms in total. The summed E-state index contributed by atoms with van der Waals surface area (Å²) in [5, 5.41) is 3.74. The summed E-state index contributed by atoms with van der Waals surface area (Å²) in [7, 11) is 0. The smallest absolute Gasteiger partial charge is 0.379 e. The van der Waals surface area contributed by atoms with E-state index in [1.807, 2.05) is 50.2 Å². The first-order valence-electron chi connectivity index (χ1n) is 9.19. The molecule has 1 N–H and O–H groups in total. The van der Waals surface area contributed by atoms with Gasteiger partial charge in [-0.1, -0.05) is 30.3 Å². The van der Waals surface area contributed by atoms with Crippen LogP contribution in [-0.2, 0) is 0 Å². The standard InChI is InChI=1S/C24H19NO4/c1-15-7-8-16(2)20(13-15)25-23(26)17-9-11-19(12-10-17)28-24(27)22-14-18-5-3-4-6-21(18)29-22/h3-14H,1-2H3,(H,25,26). The lowest BCUT2D eigenvalue weighted by Gasteiger charge is -2.10. The van der Waals surface area contributed by atoms with Crippen LogP contribution in [-0.4, -0.2) is 11.9 Å². The zero-order valence-electron chi connectivity index (χ0n) is 16.1. The Balaban J connectivity index is 1.45. The van der Waals surface area contributed by atoms with Gasteiger partial charge in [-0.05, 0) is 67.4 Å². The van der Waals surface area contributed by atoms with E-state index in [1.165, 1.54) is 0 Å². The molecule has 4 aromatic rings. The van der Waals surface area contributed by atoms with E-state index in [1.54, 1.807) is 36.4 Å². The Morgan fingerprint density at radius 1 is 0.897 bits per heavy atom. The van der Waals surface area contributed by atoms with Gasteiger partial charge in [-0.15, -0.1) is 0 Å². The fourth-order valence-corrected chi connectivity index (χ4v) is 2.98. The highest BCUT2D eigenvalue weighted by Crippen LogP contribution is 2.22. The van der Waals surface area contributed by atoms with Gasteiger partial charge in [0, 0.05) is 16.6 Å². The van der Waals surface area contributed by atoms with E-state index in [0.29, 0.717) is 16.9 Å². The van der Waals surface area contributed by atoms with E-state index in [2.05, 4.69) is 5.32 Å². The fraction of sp³-hybridized carbons (Fsp3) is 0.0833. The highest BCUT2D eigenvalue weighted by Gasteiger charge is 2.15. The van der Waals surface area contributed by atoms with Gasteiger partial charge in [0.1, 0.15) is 11.3 Å². The summed E-state index contributed by atoms with van der Waals surface area (Å²) >= 11 is 0. The molecule has 0 aliphatic carbocycles. The molecule has 0 fully saturated rings. The van der Waals surface area contributed by atoms with Gasteiger partial charge in [0.05, 0.1) is 0 Å². The number of para-hydroxylation sites is 1. The predicted molar refractivity (Wildman–Crippen MR) is 111 cm³/mol. The SMILES string of the molecule is Cc1ccc(C)c(NC(=O)c2ccc(OC(=O)c3cc4ccccc4o3)cc2)c1. The van der Waals surface area contributed by atoms with Gasteiger partial charge in [0.25, 0.3) is 5.91 Å². The molecule has 5 heteroatoms. The summed E-state index contributed by atoms with van der Waals surface area (Å²) in [5.74, 6) is -0.357. The number of ether oxygens (including phenoxy) is 1. The van der Waals surface area contributed by atoms with Crippen LogP contribution < -0.4 is 10.1 Å². The molecule has 1 heterocycles. The van der Waals surface area contributed by atoms with E-state index in [4.69, 9.17) is 9.15 Å². The maximum absolute atomic E-state index is 12.5. The Bertz CT molecular complexity index is 1170. The summed E-state index contributed by atoms with van der Waals surface area (Å²) in [6.07, 6.45) is 0. The van der Waals surface area contributed by atoms with Gasteiger partial charge >= 0.3 is 5.97 Å². The average Bonchev–Trinajstić information content (AvgIpc) is 3.16. The Kier molecular flexibility index (Phi) is 4.87. The maximum Gasteiger partial charge on any atom is 0.379 e. The van der Waals surface area contributed by atoms with Gasteiger partial charge in [-0.25, -0.2) is 4.79 Å². The number of fused-ring (bicyclic) bond motifs is 1. The molecule has 4 rings (SSSR count). The molecule has 0 unspecified atom stereocenters. The van der Waals surface area contributed by atoms with Crippen molar-refractivity contribution >= 4 is 28.5 Å². The second-order valence-electron chi connectivity index (χ2n) is 6.83. The molecule has 0 spiro atoms. The van der Waals surface area contributed by atoms with Crippen molar-refractivity contribution in [2.24, 2.45) is 0 Å². The van der Waals surface area contributed by atoms with Crippen molar-refractivity contribution in [3.8, 4) is 5.75 Å². The van der Waals surface area contributed by atoms with Crippen LogP contribution >= 0.6 is 0 Å². The first-order valence-corrected chi connectivity index (χ1v) is 9.19. The molecule has 0 aliphatic rings. The number of hydrogen-bond donors (Lipinski definition) is 1. The van der Waals surface area contributed by atoms with Crippen LogP contribution in [0.15, 0.2) is 77.2 Å². The molecule has 0 saturated heterocycles. The quantitative estimate of drug-likeness (QED) is 0.371. The lowest BCUT2D eigenvalue weighted by molar-refractivity contribution is 0.0704. The van der Waals surface area contributed by atoms with Crippen molar-refractivity contribution in [3.05, 3.63) is 95.2 Å². The maximum atomic E-state index is 12.5. The molecule has 1 amide bonds. The Hall–Kier alpha value is -3.86. The number of anilines is 1.